The van der Waals surface area contributed by atoms with Gasteiger partial charge >= 0.3 is 0 Å². The smallest absolute Gasteiger partial charge is 0.272 e. The summed E-state index contributed by atoms with van der Waals surface area (Å²) >= 11 is 0. The average Bonchev–Trinajstić information content (AvgIpc) is 3.21. The summed E-state index contributed by atoms with van der Waals surface area (Å²) in [5, 5.41) is 6.96. The van der Waals surface area contributed by atoms with Crippen LogP contribution in [0, 0.1) is 0 Å². The van der Waals surface area contributed by atoms with Gasteiger partial charge < -0.3 is 14.8 Å². The van der Waals surface area contributed by atoms with Gasteiger partial charge in [0.2, 0.25) is 0 Å². The maximum Gasteiger partial charge on any atom is 0.272 e. The second kappa shape index (κ2) is 7.84. The third-order valence-corrected chi connectivity index (χ3v) is 5.19. The highest BCUT2D eigenvalue weighted by atomic mass is 16.5. The first-order valence-corrected chi connectivity index (χ1v) is 9.80. The molecule has 9 heteroatoms. The molecule has 2 atom stereocenters. The summed E-state index contributed by atoms with van der Waals surface area (Å²) in [5.74, 6) is -1.45. The van der Waals surface area contributed by atoms with Crippen molar-refractivity contribution in [3.63, 3.8) is 0 Å². The second-order valence-electron chi connectivity index (χ2n) is 7.17. The summed E-state index contributed by atoms with van der Waals surface area (Å²) in [6, 6.07) is 13.0. The van der Waals surface area contributed by atoms with Crippen LogP contribution in [-0.4, -0.2) is 52.8 Å². The molecule has 158 valence electrons. The van der Waals surface area contributed by atoms with Crippen LogP contribution in [0.3, 0.4) is 0 Å². The molecular weight excluding hydrogens is 398 g/mol. The van der Waals surface area contributed by atoms with Crippen LogP contribution in [0.1, 0.15) is 32.0 Å². The van der Waals surface area contributed by atoms with Gasteiger partial charge in [0.25, 0.3) is 11.8 Å². The van der Waals surface area contributed by atoms with Crippen LogP contribution in [0.2, 0.25) is 0 Å². The normalized spacial score (nSPS) is 22.1. The van der Waals surface area contributed by atoms with Crippen molar-refractivity contribution in [2.75, 3.05) is 25.1 Å². The van der Waals surface area contributed by atoms with E-state index < -0.39 is 24.8 Å². The van der Waals surface area contributed by atoms with Crippen molar-refractivity contribution in [1.82, 2.24) is 20.1 Å². The Bertz CT molecular complexity index is 1230. The Hall–Kier alpha value is -3.72. The topological polar surface area (TPSA) is 98.6 Å². The Morgan fingerprint density at radius 1 is 1.26 bits per heavy atom. The van der Waals surface area contributed by atoms with Gasteiger partial charge in [0.1, 0.15) is 18.8 Å². The van der Waals surface area contributed by atoms with Gasteiger partial charge in [-0.3, -0.25) is 19.2 Å². The molecule has 3 aromatic rings. The average molecular weight is 422 g/mol. The molecule has 1 N–H and O–H groups in total. The van der Waals surface area contributed by atoms with E-state index in [1.807, 2.05) is 30.3 Å². The molecule has 0 aliphatic carbocycles. The molecule has 0 radical (unpaired) electrons. The van der Waals surface area contributed by atoms with Gasteiger partial charge in [-0.25, -0.2) is 4.98 Å². The molecule has 2 amide bonds. The number of amides is 2. The summed E-state index contributed by atoms with van der Waals surface area (Å²) in [6.07, 6.45) is 0.993. The molecule has 9 nitrogen and oxygen atoms in total. The van der Waals surface area contributed by atoms with Crippen LogP contribution in [-0.2, 0) is 16.1 Å². The maximum atomic E-state index is 13.1. The van der Waals surface area contributed by atoms with Crippen LogP contribution in [0.5, 0.6) is 5.75 Å². The number of rotatable bonds is 3. The third-order valence-electron chi connectivity index (χ3n) is 5.19. The number of likely N-dealkylation sites (N-methyl/N-ethyl adjacent to an activating group) is 1. The number of carbonyl (C=O) groups excluding carboxylic acids is 2. The van der Waals surface area contributed by atoms with E-state index in [1.165, 1.54) is 12.3 Å². The molecule has 2 aliphatic heterocycles. The Morgan fingerprint density at radius 3 is 2.97 bits per heavy atom. The van der Waals surface area contributed by atoms with Gasteiger partial charge in [0.15, 0.2) is 17.3 Å². The fourth-order valence-electron chi connectivity index (χ4n) is 3.67. The number of hydrogen-bond acceptors (Lipinski definition) is 6. The highest BCUT2D eigenvalue weighted by Gasteiger charge is 2.33. The van der Waals surface area contributed by atoms with E-state index in [1.54, 1.807) is 16.8 Å². The number of anilines is 1. The fourth-order valence-corrected chi connectivity index (χ4v) is 3.67. The predicted octanol–water partition coefficient (Wildman–Crippen LogP) is 1.55. The van der Waals surface area contributed by atoms with Crippen LogP contribution in [0.4, 0.5) is 5.82 Å². The minimum atomic E-state index is -2.81. The Morgan fingerprint density at radius 2 is 2.13 bits per heavy atom. The summed E-state index contributed by atoms with van der Waals surface area (Å²) in [7, 11) is 0. The number of nitrogens with zero attached hydrogens (tertiary/aromatic N) is 4. The van der Waals surface area contributed by atoms with E-state index in [9.17, 15) is 9.59 Å². The van der Waals surface area contributed by atoms with Crippen molar-refractivity contribution < 1.29 is 23.2 Å². The predicted molar refractivity (Wildman–Crippen MR) is 111 cm³/mol. The molecule has 0 saturated carbocycles. The molecule has 0 bridgehead atoms. The van der Waals surface area contributed by atoms with Gasteiger partial charge in [-0.2, -0.15) is 5.10 Å². The molecule has 0 fully saturated rings. The number of carbonyl (C=O) groups is 2. The van der Waals surface area contributed by atoms with Gasteiger partial charge in [-0.05, 0) is 23.8 Å². The van der Waals surface area contributed by atoms with E-state index >= 15 is 0 Å². The minimum absolute atomic E-state index is 0.0922. The molecule has 4 heterocycles. The van der Waals surface area contributed by atoms with Crippen molar-refractivity contribution >= 4 is 17.6 Å². The zero-order chi connectivity index (χ0) is 23.9. The minimum Gasteiger partial charge on any atom is -0.487 e. The third kappa shape index (κ3) is 3.53. The number of hydrogen-bond donors (Lipinski definition) is 1. The lowest BCUT2D eigenvalue weighted by Crippen LogP contribution is -2.49. The summed E-state index contributed by atoms with van der Waals surface area (Å²) in [4.78, 5) is 30.8. The van der Waals surface area contributed by atoms with Crippen LogP contribution in [0.25, 0.3) is 0 Å². The van der Waals surface area contributed by atoms with E-state index in [0.29, 0.717) is 23.7 Å². The zero-order valence-corrected chi connectivity index (χ0v) is 16.4. The zero-order valence-electron chi connectivity index (χ0n) is 19.4. The second-order valence-corrected chi connectivity index (χ2v) is 7.17. The summed E-state index contributed by atoms with van der Waals surface area (Å²) < 4.78 is 36.7. The lowest BCUT2D eigenvalue weighted by molar-refractivity contribution is -0.120. The number of aromatic nitrogens is 3. The quantitative estimate of drug-likeness (QED) is 0.688. The Labute approximate surface area is 182 Å². The van der Waals surface area contributed by atoms with Gasteiger partial charge in [0.05, 0.1) is 18.8 Å². The lowest BCUT2D eigenvalue weighted by Gasteiger charge is -2.24. The first-order chi connectivity index (χ1) is 16.3. The van der Waals surface area contributed by atoms with E-state index in [4.69, 9.17) is 13.6 Å². The van der Waals surface area contributed by atoms with Crippen molar-refractivity contribution in [1.29, 1.82) is 0 Å². The highest BCUT2D eigenvalue weighted by molar-refractivity contribution is 6.02. The molecule has 2 aliphatic rings. The van der Waals surface area contributed by atoms with Crippen LogP contribution < -0.4 is 15.0 Å². The molecule has 0 spiro atoms. The molecule has 31 heavy (non-hydrogen) atoms. The molecule has 1 aromatic carbocycles. The molecule has 5 rings (SSSR count). The van der Waals surface area contributed by atoms with Crippen LogP contribution in [0.15, 0.2) is 54.7 Å². The first-order valence-electron chi connectivity index (χ1n) is 11.3. The van der Waals surface area contributed by atoms with Gasteiger partial charge in [-0.1, -0.05) is 30.3 Å². The summed E-state index contributed by atoms with van der Waals surface area (Å²) in [6.45, 7) is -2.15. The molecule has 1 unspecified atom stereocenters. The summed E-state index contributed by atoms with van der Waals surface area (Å²) in [5.41, 5.74) is 1.74. The standard InChI is InChI=1S/C22H21N5O4/c1-26-20-18(8-5-9-23-20)31-13-16(22(26)29)24-21(28)15-12-17-19(14-6-3-2-4-7-14)30-11-10-27(17)25-15/h2-9,12,16,19H,10-11,13H2,1H3,(H,24,28)/t16-,19?/m0/s1/i1D3. The molecular formula is C22H21N5O4. The lowest BCUT2D eigenvalue weighted by atomic mass is 10.1. The van der Waals surface area contributed by atoms with Crippen molar-refractivity contribution in [3.05, 3.63) is 71.7 Å². The van der Waals surface area contributed by atoms with Crippen molar-refractivity contribution in [2.24, 2.45) is 0 Å². The highest BCUT2D eigenvalue weighted by Crippen LogP contribution is 2.30. The Balaban J connectivity index is 1.40. The molecule has 0 saturated heterocycles. The number of benzene rings is 1. The maximum absolute atomic E-state index is 13.1. The van der Waals surface area contributed by atoms with Gasteiger partial charge in [0, 0.05) is 17.3 Å². The SMILES string of the molecule is [2H]C([2H])([2H])N1C(=O)[C@@H](NC(=O)c2cc3n(n2)CCOC3c2ccccc2)COc2cccnc21. The Kier molecular flexibility index (Phi) is 4.06. The van der Waals surface area contributed by atoms with Crippen LogP contribution >= 0.6 is 0 Å². The van der Waals surface area contributed by atoms with E-state index in [2.05, 4.69) is 15.4 Å². The van der Waals surface area contributed by atoms with E-state index in [-0.39, 0.29) is 30.0 Å². The van der Waals surface area contributed by atoms with Crippen molar-refractivity contribution in [2.45, 2.75) is 18.7 Å². The van der Waals surface area contributed by atoms with E-state index in [0.717, 1.165) is 5.56 Å². The number of fused-ring (bicyclic) bond motifs is 2. The first kappa shape index (κ1) is 16.0. The number of pyridine rings is 1. The number of ether oxygens (including phenoxy) is 2. The largest absolute Gasteiger partial charge is 0.487 e. The van der Waals surface area contributed by atoms with Gasteiger partial charge in [-0.15, -0.1) is 0 Å². The fraction of sp³-hybridized carbons (Fsp3) is 0.273. The number of nitrogens with one attached hydrogen (secondary N) is 1. The molecule has 2 aromatic heterocycles. The van der Waals surface area contributed by atoms with Crippen molar-refractivity contribution in [3.8, 4) is 5.75 Å². The monoisotopic (exact) mass is 422 g/mol.